The molecule has 1 saturated carbocycles. The first-order valence-electron chi connectivity index (χ1n) is 11.3. The van der Waals surface area contributed by atoms with E-state index in [9.17, 15) is 9.18 Å². The molecule has 0 radical (unpaired) electrons. The molecule has 0 saturated heterocycles. The van der Waals surface area contributed by atoms with Crippen molar-refractivity contribution in [2.45, 2.75) is 48.4 Å². The van der Waals surface area contributed by atoms with Gasteiger partial charge in [0.05, 0.1) is 11.4 Å². The number of carbonyl (C=O) groups is 1. The highest BCUT2D eigenvalue weighted by Crippen LogP contribution is 2.43. The normalized spacial score (nSPS) is 15.8. The number of hydrogen-bond donors (Lipinski definition) is 1. The van der Waals surface area contributed by atoms with Crippen molar-refractivity contribution in [1.82, 2.24) is 5.32 Å². The lowest BCUT2D eigenvalue weighted by molar-refractivity contribution is 0.0951. The number of nitrogens with one attached hydrogen (secondary N) is 1. The zero-order valence-electron chi connectivity index (χ0n) is 18.1. The number of benzene rings is 3. The summed E-state index contributed by atoms with van der Waals surface area (Å²) in [5, 5.41) is 3.60. The molecule has 1 amide bonds. The zero-order valence-corrected chi connectivity index (χ0v) is 19.7. The fourth-order valence-corrected chi connectivity index (χ4v) is 5.76. The predicted molar refractivity (Wildman–Crippen MR) is 132 cm³/mol. The molecule has 0 bridgehead atoms. The lowest BCUT2D eigenvalue weighted by Gasteiger charge is -2.24. The molecule has 168 valence electrons. The maximum Gasteiger partial charge on any atom is 0.251 e. The summed E-state index contributed by atoms with van der Waals surface area (Å²) in [6.45, 7) is 0.395. The van der Waals surface area contributed by atoms with Gasteiger partial charge in [0.2, 0.25) is 0 Å². The Labute approximate surface area is 202 Å². The summed E-state index contributed by atoms with van der Waals surface area (Å²) in [6, 6.07) is 18.0. The minimum atomic E-state index is -0.245. The molecule has 3 aromatic rings. The first kappa shape index (κ1) is 22.2. The van der Waals surface area contributed by atoms with E-state index in [0.29, 0.717) is 23.0 Å². The van der Waals surface area contributed by atoms with Crippen LogP contribution in [0.5, 0.6) is 0 Å². The standard InChI is InChI=1S/C27H24ClFN2OS/c28-20-8-4-5-17(13-20)16-30-27(32)19-9-11-25-23(14-19)31-26(18-6-2-1-3-7-18)22-15-21(29)10-12-24(22)33-25/h4-5,8-15,18H,1-3,6-7,16H2,(H,30,32). The smallest absolute Gasteiger partial charge is 0.251 e. The van der Waals surface area contributed by atoms with Crippen LogP contribution in [0.25, 0.3) is 0 Å². The zero-order chi connectivity index (χ0) is 22.8. The third kappa shape index (κ3) is 4.99. The first-order valence-corrected chi connectivity index (χ1v) is 12.5. The Hall–Kier alpha value is -2.63. The molecule has 1 aliphatic heterocycles. The Morgan fingerprint density at radius 1 is 1.03 bits per heavy atom. The highest BCUT2D eigenvalue weighted by Gasteiger charge is 2.26. The molecular weight excluding hydrogens is 455 g/mol. The van der Waals surface area contributed by atoms with Crippen molar-refractivity contribution >= 4 is 40.7 Å². The summed E-state index contributed by atoms with van der Waals surface area (Å²) in [6.07, 6.45) is 5.70. The molecular formula is C27H24ClFN2OS. The maximum atomic E-state index is 14.2. The van der Waals surface area contributed by atoms with Crippen LogP contribution in [0.1, 0.15) is 53.6 Å². The van der Waals surface area contributed by atoms with Crippen LogP contribution in [0.15, 0.2) is 75.4 Å². The average Bonchev–Trinajstić information content (AvgIpc) is 2.99. The SMILES string of the molecule is O=C(NCc1cccc(Cl)c1)c1ccc2c(c1)N=C(C1CCCCC1)c1cc(F)ccc1S2. The second-order valence-electron chi connectivity index (χ2n) is 8.57. The van der Waals surface area contributed by atoms with E-state index in [1.165, 1.54) is 25.3 Å². The molecule has 1 heterocycles. The molecule has 1 N–H and O–H groups in total. The molecule has 0 spiro atoms. The van der Waals surface area contributed by atoms with Crippen LogP contribution in [0.3, 0.4) is 0 Å². The van der Waals surface area contributed by atoms with Crippen LogP contribution in [-0.4, -0.2) is 11.6 Å². The Morgan fingerprint density at radius 3 is 2.67 bits per heavy atom. The fraction of sp³-hybridized carbons (Fsp3) is 0.259. The fourth-order valence-electron chi connectivity index (χ4n) is 4.55. The van der Waals surface area contributed by atoms with E-state index in [1.54, 1.807) is 17.8 Å². The van der Waals surface area contributed by atoms with Crippen LogP contribution < -0.4 is 5.32 Å². The third-order valence-corrected chi connectivity index (χ3v) is 7.61. The molecule has 6 heteroatoms. The first-order chi connectivity index (χ1) is 16.1. The molecule has 1 fully saturated rings. The largest absolute Gasteiger partial charge is 0.348 e. The molecule has 2 aliphatic rings. The summed E-state index contributed by atoms with van der Waals surface area (Å²) >= 11 is 7.63. The molecule has 3 nitrogen and oxygen atoms in total. The van der Waals surface area contributed by atoms with Crippen LogP contribution in [0.2, 0.25) is 5.02 Å². The van der Waals surface area contributed by atoms with Gasteiger partial charge < -0.3 is 5.32 Å². The van der Waals surface area contributed by atoms with Crippen molar-refractivity contribution in [3.63, 3.8) is 0 Å². The van der Waals surface area contributed by atoms with Gasteiger partial charge in [0, 0.05) is 38.4 Å². The van der Waals surface area contributed by atoms with Crippen molar-refractivity contribution in [2.24, 2.45) is 10.9 Å². The lowest BCUT2D eigenvalue weighted by Crippen LogP contribution is -2.22. The van der Waals surface area contributed by atoms with Gasteiger partial charge in [-0.15, -0.1) is 0 Å². The Balaban J connectivity index is 1.46. The van der Waals surface area contributed by atoms with Crippen LogP contribution >= 0.6 is 23.4 Å². The lowest BCUT2D eigenvalue weighted by atomic mass is 9.83. The van der Waals surface area contributed by atoms with Gasteiger partial charge in [0.15, 0.2) is 0 Å². The van der Waals surface area contributed by atoms with Crippen molar-refractivity contribution in [3.8, 4) is 0 Å². The second kappa shape index (κ2) is 9.70. The number of fused-ring (bicyclic) bond motifs is 2. The Bertz CT molecular complexity index is 1240. The van der Waals surface area contributed by atoms with Crippen molar-refractivity contribution in [2.75, 3.05) is 0 Å². The topological polar surface area (TPSA) is 41.5 Å². The molecule has 3 aromatic carbocycles. The minimum Gasteiger partial charge on any atom is -0.348 e. The summed E-state index contributed by atoms with van der Waals surface area (Å²) < 4.78 is 14.2. The van der Waals surface area contributed by atoms with Gasteiger partial charge >= 0.3 is 0 Å². The highest BCUT2D eigenvalue weighted by molar-refractivity contribution is 7.99. The quantitative estimate of drug-likeness (QED) is 0.420. The van der Waals surface area contributed by atoms with Crippen molar-refractivity contribution in [3.05, 3.63) is 88.2 Å². The number of rotatable bonds is 4. The third-order valence-electron chi connectivity index (χ3n) is 6.23. The maximum absolute atomic E-state index is 14.2. The number of amides is 1. The van der Waals surface area contributed by atoms with E-state index >= 15 is 0 Å². The van der Waals surface area contributed by atoms with E-state index in [2.05, 4.69) is 5.32 Å². The number of halogens is 2. The van der Waals surface area contributed by atoms with E-state index < -0.39 is 0 Å². The number of aliphatic imine (C=N–C) groups is 1. The predicted octanol–water partition coefficient (Wildman–Crippen LogP) is 7.57. The van der Waals surface area contributed by atoms with Crippen molar-refractivity contribution in [1.29, 1.82) is 0 Å². The highest BCUT2D eigenvalue weighted by atomic mass is 35.5. The van der Waals surface area contributed by atoms with Crippen LogP contribution in [0.4, 0.5) is 10.1 Å². The summed E-state index contributed by atoms with van der Waals surface area (Å²) in [5.74, 6) is -0.0962. The van der Waals surface area contributed by atoms with Gasteiger partial charge in [-0.3, -0.25) is 9.79 Å². The molecule has 0 unspecified atom stereocenters. The summed E-state index contributed by atoms with van der Waals surface area (Å²) in [7, 11) is 0. The molecule has 0 atom stereocenters. The van der Waals surface area contributed by atoms with Gasteiger partial charge in [0.1, 0.15) is 5.82 Å². The van der Waals surface area contributed by atoms with E-state index in [1.807, 2.05) is 48.5 Å². The van der Waals surface area contributed by atoms with Gasteiger partial charge in [0.25, 0.3) is 5.91 Å². The number of nitrogens with zero attached hydrogens (tertiary/aromatic N) is 1. The summed E-state index contributed by atoms with van der Waals surface area (Å²) in [4.78, 5) is 19.9. The van der Waals surface area contributed by atoms with E-state index in [0.717, 1.165) is 45.2 Å². The van der Waals surface area contributed by atoms with E-state index in [4.69, 9.17) is 16.6 Å². The van der Waals surface area contributed by atoms with Gasteiger partial charge in [-0.1, -0.05) is 54.8 Å². The van der Waals surface area contributed by atoms with Crippen LogP contribution in [0, 0.1) is 11.7 Å². The van der Waals surface area contributed by atoms with E-state index in [-0.39, 0.29) is 11.7 Å². The van der Waals surface area contributed by atoms with Gasteiger partial charge in [-0.2, -0.15) is 0 Å². The Morgan fingerprint density at radius 2 is 1.85 bits per heavy atom. The average molecular weight is 479 g/mol. The minimum absolute atomic E-state index is 0.162. The van der Waals surface area contributed by atoms with Crippen molar-refractivity contribution < 1.29 is 9.18 Å². The van der Waals surface area contributed by atoms with Gasteiger partial charge in [-0.05, 0) is 66.9 Å². The van der Waals surface area contributed by atoms with Gasteiger partial charge in [-0.25, -0.2) is 4.39 Å². The molecule has 0 aromatic heterocycles. The summed E-state index contributed by atoms with van der Waals surface area (Å²) in [5.41, 5.74) is 4.10. The molecule has 1 aliphatic carbocycles. The van der Waals surface area contributed by atoms with Crippen LogP contribution in [-0.2, 0) is 6.54 Å². The monoisotopic (exact) mass is 478 g/mol. The number of carbonyl (C=O) groups excluding carboxylic acids is 1. The molecule has 5 rings (SSSR count). The molecule has 33 heavy (non-hydrogen) atoms. The second-order valence-corrected chi connectivity index (χ2v) is 10.1. The number of hydrogen-bond acceptors (Lipinski definition) is 3. The Kier molecular flexibility index (Phi) is 6.52.